The third-order valence-corrected chi connectivity index (χ3v) is 6.10. The fourth-order valence-electron chi connectivity index (χ4n) is 4.68. The van der Waals surface area contributed by atoms with E-state index in [0.717, 1.165) is 37.6 Å². The molecule has 0 bridgehead atoms. The molecule has 2 heterocycles. The molecular formula is C25H34N4O2. The number of morpholine rings is 1. The van der Waals surface area contributed by atoms with Gasteiger partial charge in [0.05, 0.1) is 23.6 Å². The lowest BCUT2D eigenvalue weighted by Gasteiger charge is -2.37. The average molecular weight is 423 g/mol. The Hall–Kier alpha value is -2.73. The number of carbonyl (C=O) groups excluding carboxylic acids is 1. The number of para-hydroxylation sites is 3. The fourth-order valence-corrected chi connectivity index (χ4v) is 4.68. The predicted octanol–water partition coefficient (Wildman–Crippen LogP) is 4.56. The van der Waals surface area contributed by atoms with Gasteiger partial charge in [0.25, 0.3) is 0 Å². The highest BCUT2D eigenvalue weighted by molar-refractivity contribution is 5.93. The van der Waals surface area contributed by atoms with Gasteiger partial charge in [-0.15, -0.1) is 0 Å². The maximum absolute atomic E-state index is 13.1. The van der Waals surface area contributed by atoms with E-state index in [1.165, 1.54) is 24.1 Å². The molecule has 31 heavy (non-hydrogen) atoms. The van der Waals surface area contributed by atoms with Crippen molar-refractivity contribution in [2.45, 2.75) is 45.4 Å². The fraction of sp³-hybridized carbons (Fsp3) is 0.480. The molecule has 2 aliphatic rings. The second kappa shape index (κ2) is 9.60. The van der Waals surface area contributed by atoms with Crippen molar-refractivity contribution in [3.8, 4) is 0 Å². The number of nitrogens with one attached hydrogen (secondary N) is 1. The van der Waals surface area contributed by atoms with Gasteiger partial charge >= 0.3 is 6.03 Å². The Morgan fingerprint density at radius 1 is 0.968 bits per heavy atom. The van der Waals surface area contributed by atoms with Crippen molar-refractivity contribution in [3.05, 3.63) is 54.1 Å². The van der Waals surface area contributed by atoms with Crippen LogP contribution in [0.2, 0.25) is 0 Å². The van der Waals surface area contributed by atoms with Gasteiger partial charge in [0, 0.05) is 45.5 Å². The Kier molecular flexibility index (Phi) is 6.66. The van der Waals surface area contributed by atoms with Crippen LogP contribution in [0.1, 0.15) is 32.3 Å². The zero-order valence-corrected chi connectivity index (χ0v) is 18.9. The predicted molar refractivity (Wildman–Crippen MR) is 127 cm³/mol. The number of ether oxygens (including phenoxy) is 1. The zero-order valence-electron chi connectivity index (χ0n) is 18.9. The minimum atomic E-state index is -0.0990. The van der Waals surface area contributed by atoms with Crippen molar-refractivity contribution in [2.75, 3.05) is 48.3 Å². The topological polar surface area (TPSA) is 48.1 Å². The van der Waals surface area contributed by atoms with Crippen LogP contribution in [0.5, 0.6) is 0 Å². The SMILES string of the molecule is CC1CN(c2ccccc2NC(=O)N(C)Cc2ccccc2N2CCCC2)CC(C)O1. The number of nitrogens with zero attached hydrogens (tertiary/aromatic N) is 3. The number of hydrogen-bond donors (Lipinski definition) is 1. The highest BCUT2D eigenvalue weighted by Crippen LogP contribution is 2.29. The third kappa shape index (κ3) is 5.13. The van der Waals surface area contributed by atoms with Gasteiger partial charge in [0.2, 0.25) is 0 Å². The second-order valence-electron chi connectivity index (χ2n) is 8.79. The van der Waals surface area contributed by atoms with Crippen LogP contribution in [0, 0.1) is 0 Å². The minimum absolute atomic E-state index is 0.0990. The summed E-state index contributed by atoms with van der Waals surface area (Å²) >= 11 is 0. The van der Waals surface area contributed by atoms with E-state index in [1.54, 1.807) is 4.90 Å². The molecule has 2 aromatic rings. The van der Waals surface area contributed by atoms with E-state index in [4.69, 9.17) is 4.74 Å². The number of rotatable bonds is 5. The van der Waals surface area contributed by atoms with Gasteiger partial charge in [-0.2, -0.15) is 0 Å². The molecule has 2 aromatic carbocycles. The molecule has 0 aromatic heterocycles. The smallest absolute Gasteiger partial charge is 0.321 e. The molecule has 1 N–H and O–H groups in total. The molecule has 0 radical (unpaired) electrons. The standard InChI is InChI=1S/C25H34N4O2/c1-19-16-29(17-20(2)31-19)24-13-7-5-11-22(24)26-25(30)27(3)18-21-10-4-6-12-23(21)28-14-8-9-15-28/h4-7,10-13,19-20H,8-9,14-18H2,1-3H3,(H,26,30). The summed E-state index contributed by atoms with van der Waals surface area (Å²) in [5.41, 5.74) is 4.32. The molecule has 6 heteroatoms. The summed E-state index contributed by atoms with van der Waals surface area (Å²) in [4.78, 5) is 19.6. The van der Waals surface area contributed by atoms with Crippen molar-refractivity contribution >= 4 is 23.1 Å². The highest BCUT2D eigenvalue weighted by atomic mass is 16.5. The molecule has 6 nitrogen and oxygen atoms in total. The van der Waals surface area contributed by atoms with Gasteiger partial charge in [0.1, 0.15) is 0 Å². The van der Waals surface area contributed by atoms with Crippen LogP contribution in [0.25, 0.3) is 0 Å². The van der Waals surface area contributed by atoms with E-state index in [1.807, 2.05) is 25.2 Å². The molecule has 2 aliphatic heterocycles. The largest absolute Gasteiger partial charge is 0.372 e. The lowest BCUT2D eigenvalue weighted by Crippen LogP contribution is -2.45. The van der Waals surface area contributed by atoms with Gasteiger partial charge < -0.3 is 24.8 Å². The van der Waals surface area contributed by atoms with E-state index in [-0.39, 0.29) is 18.2 Å². The van der Waals surface area contributed by atoms with Gasteiger partial charge in [-0.3, -0.25) is 0 Å². The molecule has 2 amide bonds. The van der Waals surface area contributed by atoms with Gasteiger partial charge in [0.15, 0.2) is 0 Å². The summed E-state index contributed by atoms with van der Waals surface area (Å²) in [5.74, 6) is 0. The van der Waals surface area contributed by atoms with Gasteiger partial charge in [-0.05, 0) is 50.5 Å². The van der Waals surface area contributed by atoms with Crippen molar-refractivity contribution in [3.63, 3.8) is 0 Å². The number of urea groups is 1. The van der Waals surface area contributed by atoms with Crippen LogP contribution in [-0.2, 0) is 11.3 Å². The second-order valence-corrected chi connectivity index (χ2v) is 8.79. The quantitative estimate of drug-likeness (QED) is 0.767. The lowest BCUT2D eigenvalue weighted by atomic mass is 10.1. The van der Waals surface area contributed by atoms with Crippen molar-refractivity contribution in [1.29, 1.82) is 0 Å². The molecule has 2 atom stereocenters. The summed E-state index contributed by atoms with van der Waals surface area (Å²) in [5, 5.41) is 3.14. The molecule has 0 aliphatic carbocycles. The Morgan fingerprint density at radius 2 is 1.58 bits per heavy atom. The first-order valence-corrected chi connectivity index (χ1v) is 11.4. The molecule has 166 valence electrons. The summed E-state index contributed by atoms with van der Waals surface area (Å²) in [6, 6.07) is 16.4. The van der Waals surface area contributed by atoms with Crippen LogP contribution in [0.4, 0.5) is 21.9 Å². The number of anilines is 3. The summed E-state index contributed by atoms with van der Waals surface area (Å²) in [6.45, 7) is 8.58. The van der Waals surface area contributed by atoms with Gasteiger partial charge in [-0.25, -0.2) is 4.79 Å². The van der Waals surface area contributed by atoms with Crippen LogP contribution < -0.4 is 15.1 Å². The van der Waals surface area contributed by atoms with Crippen molar-refractivity contribution in [2.24, 2.45) is 0 Å². The number of amides is 2. The van der Waals surface area contributed by atoms with E-state index >= 15 is 0 Å². The molecule has 2 unspecified atom stereocenters. The maximum Gasteiger partial charge on any atom is 0.321 e. The van der Waals surface area contributed by atoms with E-state index in [9.17, 15) is 4.79 Å². The van der Waals surface area contributed by atoms with Gasteiger partial charge in [-0.1, -0.05) is 30.3 Å². The third-order valence-electron chi connectivity index (χ3n) is 6.10. The molecule has 0 spiro atoms. The molecular weight excluding hydrogens is 388 g/mol. The Labute approximate surface area is 185 Å². The first-order chi connectivity index (χ1) is 15.0. The number of carbonyl (C=O) groups is 1. The zero-order chi connectivity index (χ0) is 21.8. The number of hydrogen-bond acceptors (Lipinski definition) is 4. The first-order valence-electron chi connectivity index (χ1n) is 11.4. The molecule has 0 saturated carbocycles. The summed E-state index contributed by atoms with van der Waals surface area (Å²) < 4.78 is 5.88. The van der Waals surface area contributed by atoms with Crippen LogP contribution >= 0.6 is 0 Å². The van der Waals surface area contributed by atoms with E-state index in [2.05, 4.69) is 59.3 Å². The summed E-state index contributed by atoms with van der Waals surface area (Å²) in [6.07, 6.45) is 2.80. The molecule has 4 rings (SSSR count). The Bertz CT molecular complexity index is 887. The van der Waals surface area contributed by atoms with Crippen molar-refractivity contribution < 1.29 is 9.53 Å². The normalized spacial score (nSPS) is 21.3. The van der Waals surface area contributed by atoms with E-state index in [0.29, 0.717) is 6.54 Å². The lowest BCUT2D eigenvalue weighted by molar-refractivity contribution is -0.00517. The van der Waals surface area contributed by atoms with Crippen LogP contribution in [0.15, 0.2) is 48.5 Å². The Balaban J connectivity index is 1.46. The van der Waals surface area contributed by atoms with Crippen LogP contribution in [0.3, 0.4) is 0 Å². The molecule has 2 saturated heterocycles. The first kappa shape index (κ1) is 21.5. The number of benzene rings is 2. The van der Waals surface area contributed by atoms with Crippen molar-refractivity contribution in [1.82, 2.24) is 4.90 Å². The van der Waals surface area contributed by atoms with E-state index < -0.39 is 0 Å². The molecule has 2 fully saturated rings. The van der Waals surface area contributed by atoms with Crippen LogP contribution in [-0.4, -0.2) is 56.4 Å². The Morgan fingerprint density at radius 3 is 2.29 bits per heavy atom. The summed E-state index contributed by atoms with van der Waals surface area (Å²) in [7, 11) is 1.86. The minimum Gasteiger partial charge on any atom is -0.372 e. The maximum atomic E-state index is 13.1. The average Bonchev–Trinajstić information content (AvgIpc) is 3.28. The highest BCUT2D eigenvalue weighted by Gasteiger charge is 2.25. The monoisotopic (exact) mass is 422 g/mol.